The van der Waals surface area contributed by atoms with Crippen molar-refractivity contribution in [3.05, 3.63) is 63.7 Å². The van der Waals surface area contributed by atoms with Crippen molar-refractivity contribution in [1.82, 2.24) is 5.32 Å². The largest absolute Gasteiger partial charge is 0.473 e. The van der Waals surface area contributed by atoms with Crippen molar-refractivity contribution in [2.45, 2.75) is 33.1 Å². The molecule has 7 heteroatoms. The van der Waals surface area contributed by atoms with Gasteiger partial charge in [0, 0.05) is 6.07 Å². The van der Waals surface area contributed by atoms with Gasteiger partial charge in [0.15, 0.2) is 6.73 Å². The maximum atomic E-state index is 12.0. The second-order valence-electron chi connectivity index (χ2n) is 6.94. The maximum Gasteiger partial charge on any atom is 0.322 e. The van der Waals surface area contributed by atoms with E-state index in [1.165, 1.54) is 18.2 Å². The van der Waals surface area contributed by atoms with Crippen molar-refractivity contribution in [2.24, 2.45) is 0 Å². The van der Waals surface area contributed by atoms with Crippen molar-refractivity contribution < 1.29 is 14.5 Å². The fourth-order valence-electron chi connectivity index (χ4n) is 2.44. The number of para-hydroxylation sites is 2. The molecule has 0 aliphatic heterocycles. The molecule has 2 N–H and O–H groups in total. The minimum Gasteiger partial charge on any atom is -0.473 e. The van der Waals surface area contributed by atoms with Gasteiger partial charge in [-0.25, -0.2) is 4.79 Å². The number of nitro groups is 1. The Kier molecular flexibility index (Phi) is 5.82. The molecule has 2 aromatic carbocycles. The van der Waals surface area contributed by atoms with Crippen LogP contribution in [-0.2, 0) is 5.41 Å². The highest BCUT2D eigenvalue weighted by Crippen LogP contribution is 2.32. The Hall–Kier alpha value is -3.09. The Morgan fingerprint density at radius 1 is 1.19 bits per heavy atom. The number of rotatable bonds is 5. The molecule has 0 aliphatic carbocycles. The zero-order valence-electron chi connectivity index (χ0n) is 15.3. The number of carbonyl (C=O) groups excluding carboxylic acids is 1. The second-order valence-corrected chi connectivity index (χ2v) is 6.94. The highest BCUT2D eigenvalue weighted by Gasteiger charge is 2.19. The summed E-state index contributed by atoms with van der Waals surface area (Å²) >= 11 is 0. The highest BCUT2D eigenvalue weighted by atomic mass is 16.6. The van der Waals surface area contributed by atoms with Gasteiger partial charge in [-0.2, -0.15) is 0 Å². The molecule has 0 radical (unpaired) electrons. The summed E-state index contributed by atoms with van der Waals surface area (Å²) in [6.45, 7) is 8.21. The van der Waals surface area contributed by atoms with Crippen LogP contribution in [0.25, 0.3) is 0 Å². The number of hydrogen-bond donors (Lipinski definition) is 2. The summed E-state index contributed by atoms with van der Waals surface area (Å²) in [6, 6.07) is 11.2. The van der Waals surface area contributed by atoms with Crippen molar-refractivity contribution >= 4 is 17.4 Å². The van der Waals surface area contributed by atoms with E-state index >= 15 is 0 Å². The number of nitro benzene ring substituents is 1. The molecule has 0 saturated carbocycles. The summed E-state index contributed by atoms with van der Waals surface area (Å²) in [5.41, 5.74) is 2.02. The molecule has 0 fully saturated rings. The number of hydrogen-bond acceptors (Lipinski definition) is 4. The van der Waals surface area contributed by atoms with Gasteiger partial charge in [0.2, 0.25) is 0 Å². The fourth-order valence-corrected chi connectivity index (χ4v) is 2.44. The Bertz CT molecular complexity index is 813. The van der Waals surface area contributed by atoms with Crippen molar-refractivity contribution in [3.63, 3.8) is 0 Å². The van der Waals surface area contributed by atoms with Crippen LogP contribution in [0.2, 0.25) is 0 Å². The Labute approximate surface area is 152 Å². The van der Waals surface area contributed by atoms with Gasteiger partial charge >= 0.3 is 6.03 Å². The second kappa shape index (κ2) is 7.86. The predicted octanol–water partition coefficient (Wildman–Crippen LogP) is 4.36. The van der Waals surface area contributed by atoms with Crippen LogP contribution in [0.5, 0.6) is 5.75 Å². The van der Waals surface area contributed by atoms with Crippen molar-refractivity contribution in [1.29, 1.82) is 0 Å². The molecule has 0 spiro atoms. The first-order valence-electron chi connectivity index (χ1n) is 8.20. The fraction of sp³-hybridized carbons (Fsp3) is 0.316. The lowest BCUT2D eigenvalue weighted by molar-refractivity contribution is -0.383. The maximum absolute atomic E-state index is 12.0. The first-order chi connectivity index (χ1) is 12.2. The SMILES string of the molecule is Cc1ccc(OCNC(=O)Nc2ccccc2[N+](=O)[O-])c(C(C)(C)C)c1. The summed E-state index contributed by atoms with van der Waals surface area (Å²) in [7, 11) is 0. The van der Waals surface area contributed by atoms with E-state index in [2.05, 4.69) is 37.5 Å². The molecule has 2 amide bonds. The summed E-state index contributed by atoms with van der Waals surface area (Å²) < 4.78 is 5.70. The average Bonchev–Trinajstić information content (AvgIpc) is 2.55. The molecule has 0 bridgehead atoms. The number of benzene rings is 2. The van der Waals surface area contributed by atoms with Gasteiger partial charge in [-0.15, -0.1) is 0 Å². The van der Waals surface area contributed by atoms with Gasteiger partial charge in [-0.05, 0) is 30.0 Å². The minimum atomic E-state index is -0.580. The normalized spacial score (nSPS) is 10.9. The van der Waals surface area contributed by atoms with Gasteiger partial charge in [0.05, 0.1) is 4.92 Å². The molecule has 2 aromatic rings. The quantitative estimate of drug-likeness (QED) is 0.472. The number of nitrogens with zero attached hydrogens (tertiary/aromatic N) is 1. The lowest BCUT2D eigenvalue weighted by atomic mass is 9.85. The first kappa shape index (κ1) is 19.2. The van der Waals surface area contributed by atoms with E-state index in [1.807, 2.05) is 19.1 Å². The standard InChI is InChI=1S/C19H23N3O4/c1-13-9-10-17(14(11-13)19(2,3)4)26-12-20-18(23)21-15-7-5-6-8-16(15)22(24)25/h5-11H,12H2,1-4H3,(H2,20,21,23). The van der Waals surface area contributed by atoms with Crippen LogP contribution in [0.15, 0.2) is 42.5 Å². The Balaban J connectivity index is 1.99. The minimum absolute atomic E-state index is 0.0569. The molecular formula is C19H23N3O4. The van der Waals surface area contributed by atoms with Gasteiger partial charge in [0.1, 0.15) is 11.4 Å². The van der Waals surface area contributed by atoms with Crippen molar-refractivity contribution in [2.75, 3.05) is 12.0 Å². The lowest BCUT2D eigenvalue weighted by Crippen LogP contribution is -2.32. The van der Waals surface area contributed by atoms with E-state index in [9.17, 15) is 14.9 Å². The molecule has 0 aromatic heterocycles. The Morgan fingerprint density at radius 2 is 1.88 bits per heavy atom. The van der Waals surface area contributed by atoms with E-state index in [4.69, 9.17) is 4.74 Å². The number of ether oxygens (including phenoxy) is 1. The molecule has 0 aliphatic rings. The van der Waals surface area contributed by atoms with E-state index in [1.54, 1.807) is 6.07 Å². The van der Waals surface area contributed by atoms with Gasteiger partial charge < -0.3 is 15.4 Å². The summed E-state index contributed by atoms with van der Waals surface area (Å²) in [5, 5.41) is 16.0. The number of anilines is 1. The first-order valence-corrected chi connectivity index (χ1v) is 8.20. The molecule has 0 unspecified atom stereocenters. The molecule has 0 atom stereocenters. The van der Waals surface area contributed by atoms with Crippen LogP contribution in [0, 0.1) is 17.0 Å². The Morgan fingerprint density at radius 3 is 2.54 bits per heavy atom. The topological polar surface area (TPSA) is 93.5 Å². The van der Waals surface area contributed by atoms with E-state index < -0.39 is 11.0 Å². The van der Waals surface area contributed by atoms with Crippen LogP contribution >= 0.6 is 0 Å². The molecule has 7 nitrogen and oxygen atoms in total. The number of urea groups is 1. The zero-order valence-corrected chi connectivity index (χ0v) is 15.3. The smallest absolute Gasteiger partial charge is 0.322 e. The number of aryl methyl sites for hydroxylation is 1. The molecule has 0 saturated heterocycles. The van der Waals surface area contributed by atoms with Crippen molar-refractivity contribution in [3.8, 4) is 5.75 Å². The number of amides is 2. The average molecular weight is 357 g/mol. The summed E-state index contributed by atoms with van der Waals surface area (Å²) in [5.74, 6) is 0.689. The number of carbonyl (C=O) groups is 1. The van der Waals surface area contributed by atoms with Gasteiger partial charge in [-0.1, -0.05) is 50.6 Å². The van der Waals surface area contributed by atoms with Crippen LogP contribution in [0.1, 0.15) is 31.9 Å². The van der Waals surface area contributed by atoms with Crippen LogP contribution in [0.3, 0.4) is 0 Å². The molecular weight excluding hydrogens is 334 g/mol. The third kappa shape index (κ3) is 4.95. The van der Waals surface area contributed by atoms with Gasteiger partial charge in [0.25, 0.3) is 5.69 Å². The van der Waals surface area contributed by atoms with Crippen LogP contribution < -0.4 is 15.4 Å². The summed E-state index contributed by atoms with van der Waals surface area (Å²) in [6.07, 6.45) is 0. The van der Waals surface area contributed by atoms with Crippen LogP contribution in [0.4, 0.5) is 16.2 Å². The molecule has 26 heavy (non-hydrogen) atoms. The molecule has 0 heterocycles. The third-order valence-electron chi connectivity index (χ3n) is 3.75. The molecule has 138 valence electrons. The number of nitrogens with one attached hydrogen (secondary N) is 2. The van der Waals surface area contributed by atoms with Gasteiger partial charge in [-0.3, -0.25) is 10.1 Å². The van der Waals surface area contributed by atoms with E-state index in [0.29, 0.717) is 5.75 Å². The van der Waals surface area contributed by atoms with Crippen LogP contribution in [-0.4, -0.2) is 17.7 Å². The highest BCUT2D eigenvalue weighted by molar-refractivity contribution is 5.91. The third-order valence-corrected chi connectivity index (χ3v) is 3.75. The van der Waals surface area contributed by atoms with E-state index in [-0.39, 0.29) is 23.5 Å². The monoisotopic (exact) mass is 357 g/mol. The lowest BCUT2D eigenvalue weighted by Gasteiger charge is -2.23. The summed E-state index contributed by atoms with van der Waals surface area (Å²) in [4.78, 5) is 22.4. The predicted molar refractivity (Wildman–Crippen MR) is 101 cm³/mol. The molecule has 2 rings (SSSR count). The van der Waals surface area contributed by atoms with E-state index in [0.717, 1.165) is 11.1 Å². The zero-order chi connectivity index (χ0) is 19.3.